The lowest BCUT2D eigenvalue weighted by atomic mass is 10.3. The molecule has 3 aromatic rings. The molecular weight excluding hydrogens is 446 g/mol. The lowest BCUT2D eigenvalue weighted by molar-refractivity contribution is -0.118. The summed E-state index contributed by atoms with van der Waals surface area (Å²) in [5, 5.41) is 9.39. The number of hydrogen-bond donors (Lipinski definition) is 2. The van der Waals surface area contributed by atoms with Crippen molar-refractivity contribution in [3.05, 3.63) is 60.8 Å². The van der Waals surface area contributed by atoms with Crippen molar-refractivity contribution >= 4 is 39.0 Å². The highest BCUT2D eigenvalue weighted by Gasteiger charge is 2.21. The van der Waals surface area contributed by atoms with Crippen molar-refractivity contribution in [2.75, 3.05) is 28.6 Å². The molecule has 0 aliphatic rings. The number of carbonyl (C=O) groups excluding carboxylic acids is 2. The van der Waals surface area contributed by atoms with E-state index >= 15 is 0 Å². The van der Waals surface area contributed by atoms with E-state index in [1.165, 1.54) is 38.2 Å². The molecule has 0 spiro atoms. The zero-order valence-electron chi connectivity index (χ0n) is 18.5. The molecule has 10 nitrogen and oxygen atoms in total. The molecule has 174 valence electrons. The van der Waals surface area contributed by atoms with Crippen LogP contribution in [-0.4, -0.2) is 43.7 Å². The fourth-order valence-electron chi connectivity index (χ4n) is 2.98. The highest BCUT2D eigenvalue weighted by Crippen LogP contribution is 2.25. The molecule has 0 bridgehead atoms. The predicted molar refractivity (Wildman–Crippen MR) is 125 cm³/mol. The van der Waals surface area contributed by atoms with Gasteiger partial charge in [-0.25, -0.2) is 13.1 Å². The van der Waals surface area contributed by atoms with Crippen LogP contribution in [0.2, 0.25) is 0 Å². The molecule has 11 heteroatoms. The Morgan fingerprint density at radius 3 is 2.30 bits per heavy atom. The molecule has 0 aliphatic heterocycles. The summed E-state index contributed by atoms with van der Waals surface area (Å²) < 4.78 is 34.1. The molecule has 0 unspecified atom stereocenters. The molecule has 1 aromatic heterocycles. The Labute approximate surface area is 192 Å². The van der Waals surface area contributed by atoms with Crippen LogP contribution >= 0.6 is 0 Å². The Hall–Kier alpha value is -3.86. The van der Waals surface area contributed by atoms with E-state index in [-0.39, 0.29) is 23.3 Å². The van der Waals surface area contributed by atoms with Crippen LogP contribution in [0.5, 0.6) is 5.75 Å². The van der Waals surface area contributed by atoms with Crippen LogP contribution in [0.3, 0.4) is 0 Å². The quantitative estimate of drug-likeness (QED) is 0.495. The first-order valence-corrected chi connectivity index (χ1v) is 11.6. The normalized spacial score (nSPS) is 11.0. The van der Waals surface area contributed by atoms with Crippen molar-refractivity contribution in [2.24, 2.45) is 0 Å². The highest BCUT2D eigenvalue weighted by atomic mass is 32.2. The third kappa shape index (κ3) is 5.89. The monoisotopic (exact) mass is 471 g/mol. The van der Waals surface area contributed by atoms with E-state index < -0.39 is 10.0 Å². The molecule has 1 heterocycles. The van der Waals surface area contributed by atoms with Crippen molar-refractivity contribution in [2.45, 2.75) is 25.3 Å². The van der Waals surface area contributed by atoms with Crippen molar-refractivity contribution in [1.82, 2.24) is 9.78 Å². The van der Waals surface area contributed by atoms with Gasteiger partial charge in [0, 0.05) is 32.3 Å². The summed E-state index contributed by atoms with van der Waals surface area (Å²) >= 11 is 0. The van der Waals surface area contributed by atoms with Gasteiger partial charge in [0.15, 0.2) is 6.61 Å². The Morgan fingerprint density at radius 1 is 1.03 bits per heavy atom. The van der Waals surface area contributed by atoms with Crippen molar-refractivity contribution in [3.63, 3.8) is 0 Å². The minimum absolute atomic E-state index is 0.0856. The number of nitrogens with zero attached hydrogens (tertiary/aromatic N) is 3. The average Bonchev–Trinajstić information content (AvgIpc) is 3.24. The Balaban J connectivity index is 1.61. The number of hydrogen-bond acceptors (Lipinski definition) is 6. The molecule has 0 fully saturated rings. The average molecular weight is 472 g/mol. The number of aromatic nitrogens is 2. The van der Waals surface area contributed by atoms with Gasteiger partial charge < -0.3 is 15.4 Å². The van der Waals surface area contributed by atoms with E-state index in [9.17, 15) is 18.0 Å². The Morgan fingerprint density at radius 2 is 1.70 bits per heavy atom. The van der Waals surface area contributed by atoms with Gasteiger partial charge in [-0.15, -0.1) is 0 Å². The van der Waals surface area contributed by atoms with Crippen LogP contribution in [0.25, 0.3) is 0 Å². The predicted octanol–water partition coefficient (Wildman–Crippen LogP) is 2.70. The number of anilines is 3. The number of sulfonamides is 1. The van der Waals surface area contributed by atoms with Crippen LogP contribution in [0.1, 0.15) is 13.8 Å². The van der Waals surface area contributed by atoms with Crippen LogP contribution in [-0.2, 0) is 26.2 Å². The molecule has 0 saturated heterocycles. The van der Waals surface area contributed by atoms with E-state index in [0.29, 0.717) is 29.5 Å². The number of aryl methyl sites for hydroxylation is 1. The largest absolute Gasteiger partial charge is 0.484 e. The van der Waals surface area contributed by atoms with Gasteiger partial charge in [0.05, 0.1) is 16.8 Å². The lowest BCUT2D eigenvalue weighted by Gasteiger charge is -2.20. The molecule has 0 radical (unpaired) electrons. The van der Waals surface area contributed by atoms with Gasteiger partial charge in [-0.1, -0.05) is 0 Å². The SMILES string of the molecule is CCn1nccc1NC(=O)COc1ccc(N(C)S(=O)(=O)c2ccc(NC(C)=O)cc2)cc1. The third-order valence-corrected chi connectivity index (χ3v) is 6.49. The highest BCUT2D eigenvalue weighted by molar-refractivity contribution is 7.92. The molecule has 0 saturated carbocycles. The standard InChI is InChI=1S/C22H25N5O5S/c1-4-27-21(13-14-23-27)25-22(29)15-32-19-9-7-18(8-10-19)26(3)33(30,31)20-11-5-17(6-12-20)24-16(2)28/h5-14H,4,15H2,1-3H3,(H,24,28)(H,25,29). The van der Waals surface area contributed by atoms with Gasteiger partial charge in [-0.2, -0.15) is 5.10 Å². The number of carbonyl (C=O) groups is 2. The fraction of sp³-hybridized carbons (Fsp3) is 0.227. The van der Waals surface area contributed by atoms with Crippen LogP contribution < -0.4 is 19.7 Å². The molecule has 2 N–H and O–H groups in total. The first kappa shape index (κ1) is 23.8. The van der Waals surface area contributed by atoms with Gasteiger partial charge in [-0.3, -0.25) is 13.9 Å². The number of rotatable bonds is 9. The van der Waals surface area contributed by atoms with Crippen molar-refractivity contribution < 1.29 is 22.7 Å². The summed E-state index contributed by atoms with van der Waals surface area (Å²) in [6.45, 7) is 3.71. The van der Waals surface area contributed by atoms with Crippen molar-refractivity contribution in [3.8, 4) is 5.75 Å². The third-order valence-electron chi connectivity index (χ3n) is 4.69. The number of benzene rings is 2. The van der Waals surface area contributed by atoms with E-state index in [1.807, 2.05) is 6.92 Å². The van der Waals surface area contributed by atoms with Gasteiger partial charge in [-0.05, 0) is 55.5 Å². The first-order valence-electron chi connectivity index (χ1n) is 10.1. The molecule has 0 atom stereocenters. The minimum Gasteiger partial charge on any atom is -0.484 e. The molecular formula is C22H25N5O5S. The molecule has 0 aliphatic carbocycles. The van der Waals surface area contributed by atoms with Gasteiger partial charge in [0.2, 0.25) is 5.91 Å². The second kappa shape index (κ2) is 10.2. The zero-order chi connectivity index (χ0) is 24.0. The number of nitrogens with one attached hydrogen (secondary N) is 2. The van der Waals surface area contributed by atoms with Gasteiger partial charge >= 0.3 is 0 Å². The summed E-state index contributed by atoms with van der Waals surface area (Å²) in [4.78, 5) is 23.3. The summed E-state index contributed by atoms with van der Waals surface area (Å²) in [5.41, 5.74) is 0.929. The maximum absolute atomic E-state index is 12.9. The summed E-state index contributed by atoms with van der Waals surface area (Å²) in [6.07, 6.45) is 1.60. The van der Waals surface area contributed by atoms with Crippen LogP contribution in [0, 0.1) is 0 Å². The molecule has 3 rings (SSSR count). The molecule has 33 heavy (non-hydrogen) atoms. The summed E-state index contributed by atoms with van der Waals surface area (Å²) in [6, 6.07) is 13.9. The molecule has 2 amide bonds. The number of ether oxygens (including phenoxy) is 1. The smallest absolute Gasteiger partial charge is 0.264 e. The van der Waals surface area contributed by atoms with E-state index in [2.05, 4.69) is 15.7 Å². The van der Waals surface area contributed by atoms with E-state index in [4.69, 9.17) is 4.74 Å². The topological polar surface area (TPSA) is 123 Å². The summed E-state index contributed by atoms with van der Waals surface area (Å²) in [7, 11) is -2.36. The maximum Gasteiger partial charge on any atom is 0.264 e. The first-order chi connectivity index (χ1) is 15.7. The van der Waals surface area contributed by atoms with Gasteiger partial charge in [0.25, 0.3) is 15.9 Å². The lowest BCUT2D eigenvalue weighted by Crippen LogP contribution is -2.26. The van der Waals surface area contributed by atoms with Crippen molar-refractivity contribution in [1.29, 1.82) is 0 Å². The van der Waals surface area contributed by atoms with Crippen LogP contribution in [0.4, 0.5) is 17.2 Å². The van der Waals surface area contributed by atoms with E-state index in [0.717, 1.165) is 4.31 Å². The zero-order valence-corrected chi connectivity index (χ0v) is 19.3. The summed E-state index contributed by atoms with van der Waals surface area (Å²) in [5.74, 6) is 0.425. The second-order valence-corrected chi connectivity index (χ2v) is 9.01. The van der Waals surface area contributed by atoms with E-state index in [1.54, 1.807) is 41.2 Å². The minimum atomic E-state index is -3.80. The second-order valence-electron chi connectivity index (χ2n) is 7.04. The van der Waals surface area contributed by atoms with Crippen LogP contribution in [0.15, 0.2) is 65.7 Å². The fourth-order valence-corrected chi connectivity index (χ4v) is 4.18. The number of amides is 2. The molecule has 2 aromatic carbocycles. The van der Waals surface area contributed by atoms with Gasteiger partial charge in [0.1, 0.15) is 11.6 Å². The maximum atomic E-state index is 12.9. The Kier molecular flexibility index (Phi) is 7.34. The Bertz CT molecular complexity index is 1220.